The molecule has 20 heavy (non-hydrogen) atoms. The van der Waals surface area contributed by atoms with Gasteiger partial charge in [0.1, 0.15) is 9.67 Å². The van der Waals surface area contributed by atoms with E-state index in [2.05, 4.69) is 0 Å². The summed E-state index contributed by atoms with van der Waals surface area (Å²) in [6.07, 6.45) is -5.58. The molecule has 0 heterocycles. The van der Waals surface area contributed by atoms with Crippen LogP contribution in [0.5, 0.6) is 5.75 Å². The standard InChI is InChI=1S/C14H10F3IO2/c15-14(16,17)8-11(18)13(19)20-12-7-3-5-9-4-1-2-6-10(9)12/h1-7,11H,8H2. The third-order valence-electron chi connectivity index (χ3n) is 2.63. The first-order valence-electron chi connectivity index (χ1n) is 5.77. The van der Waals surface area contributed by atoms with Gasteiger partial charge in [-0.05, 0) is 11.5 Å². The molecule has 2 aromatic rings. The molecule has 0 aliphatic rings. The molecule has 0 bridgehead atoms. The number of carbonyl (C=O) groups excluding carboxylic acids is 1. The van der Waals surface area contributed by atoms with Crippen LogP contribution >= 0.6 is 22.6 Å². The van der Waals surface area contributed by atoms with Crippen molar-refractivity contribution in [1.82, 2.24) is 0 Å². The summed E-state index contributed by atoms with van der Waals surface area (Å²) in [6.45, 7) is 0. The molecule has 0 saturated carbocycles. The van der Waals surface area contributed by atoms with Gasteiger partial charge in [0.15, 0.2) is 0 Å². The summed E-state index contributed by atoms with van der Waals surface area (Å²) >= 11 is 1.45. The molecule has 1 unspecified atom stereocenters. The number of benzene rings is 2. The summed E-state index contributed by atoms with van der Waals surface area (Å²) in [5.74, 6) is -0.615. The Hall–Kier alpha value is -1.31. The SMILES string of the molecule is O=C(Oc1cccc2ccccc12)C(I)CC(F)(F)F. The van der Waals surface area contributed by atoms with Crippen LogP contribution in [-0.2, 0) is 4.79 Å². The smallest absolute Gasteiger partial charge is 0.390 e. The van der Waals surface area contributed by atoms with Crippen molar-refractivity contribution in [2.75, 3.05) is 0 Å². The molecule has 0 aromatic heterocycles. The molecule has 0 amide bonds. The fourth-order valence-corrected chi connectivity index (χ4v) is 2.37. The number of esters is 1. The molecule has 0 spiro atoms. The Morgan fingerprint density at radius 2 is 1.80 bits per heavy atom. The highest BCUT2D eigenvalue weighted by Gasteiger charge is 2.35. The van der Waals surface area contributed by atoms with Crippen molar-refractivity contribution in [1.29, 1.82) is 0 Å². The molecule has 0 aliphatic carbocycles. The molecule has 6 heteroatoms. The lowest BCUT2D eigenvalue weighted by Crippen LogP contribution is -2.26. The van der Waals surface area contributed by atoms with Gasteiger partial charge < -0.3 is 4.74 Å². The Morgan fingerprint density at radius 3 is 2.50 bits per heavy atom. The average molecular weight is 394 g/mol. The molecule has 0 radical (unpaired) electrons. The van der Waals surface area contributed by atoms with Crippen LogP contribution in [0.15, 0.2) is 42.5 Å². The van der Waals surface area contributed by atoms with E-state index in [4.69, 9.17) is 4.74 Å². The first-order chi connectivity index (χ1) is 9.37. The molecule has 2 rings (SSSR count). The van der Waals surface area contributed by atoms with Crippen molar-refractivity contribution < 1.29 is 22.7 Å². The number of fused-ring (bicyclic) bond motifs is 1. The van der Waals surface area contributed by atoms with Gasteiger partial charge >= 0.3 is 12.1 Å². The topological polar surface area (TPSA) is 26.3 Å². The van der Waals surface area contributed by atoms with E-state index in [1.807, 2.05) is 18.2 Å². The minimum atomic E-state index is -4.39. The zero-order valence-electron chi connectivity index (χ0n) is 10.2. The van der Waals surface area contributed by atoms with Crippen LogP contribution in [0.3, 0.4) is 0 Å². The zero-order valence-corrected chi connectivity index (χ0v) is 12.3. The quantitative estimate of drug-likeness (QED) is 0.332. The lowest BCUT2D eigenvalue weighted by Gasteiger charge is -2.13. The highest BCUT2D eigenvalue weighted by atomic mass is 127. The summed E-state index contributed by atoms with van der Waals surface area (Å²) in [5, 5.41) is 1.55. The normalized spacial score (nSPS) is 13.2. The Morgan fingerprint density at radius 1 is 1.15 bits per heavy atom. The maximum Gasteiger partial charge on any atom is 0.390 e. The maximum atomic E-state index is 12.2. The second-order valence-corrected chi connectivity index (χ2v) is 5.69. The molecule has 106 valence electrons. The van der Waals surface area contributed by atoms with E-state index in [0.717, 1.165) is 5.39 Å². The van der Waals surface area contributed by atoms with Crippen LogP contribution in [0.25, 0.3) is 10.8 Å². The molecule has 2 aromatic carbocycles. The van der Waals surface area contributed by atoms with Gasteiger partial charge in [-0.1, -0.05) is 59.0 Å². The largest absolute Gasteiger partial charge is 0.425 e. The van der Waals surface area contributed by atoms with Gasteiger partial charge in [-0.3, -0.25) is 4.79 Å². The van der Waals surface area contributed by atoms with Crippen molar-refractivity contribution in [3.8, 4) is 5.75 Å². The van der Waals surface area contributed by atoms with Crippen LogP contribution in [0.4, 0.5) is 13.2 Å². The third-order valence-corrected chi connectivity index (χ3v) is 3.58. The summed E-state index contributed by atoms with van der Waals surface area (Å²) in [6, 6.07) is 12.3. The number of rotatable bonds is 3. The van der Waals surface area contributed by atoms with Crippen molar-refractivity contribution in [3.63, 3.8) is 0 Å². The lowest BCUT2D eigenvalue weighted by molar-refractivity contribution is -0.148. The number of hydrogen-bond donors (Lipinski definition) is 0. The van der Waals surface area contributed by atoms with E-state index in [1.165, 1.54) is 22.6 Å². The molecular weight excluding hydrogens is 384 g/mol. The van der Waals surface area contributed by atoms with Gasteiger partial charge in [0, 0.05) is 5.39 Å². The molecule has 0 aliphatic heterocycles. The number of carbonyl (C=O) groups is 1. The number of ether oxygens (including phenoxy) is 1. The van der Waals surface area contributed by atoms with E-state index in [-0.39, 0.29) is 5.75 Å². The van der Waals surface area contributed by atoms with Crippen LogP contribution in [0, 0.1) is 0 Å². The van der Waals surface area contributed by atoms with Crippen molar-refractivity contribution in [2.45, 2.75) is 16.5 Å². The second-order valence-electron chi connectivity index (χ2n) is 4.19. The van der Waals surface area contributed by atoms with Gasteiger partial charge in [-0.25, -0.2) is 0 Å². The van der Waals surface area contributed by atoms with E-state index < -0.39 is 22.5 Å². The number of halogens is 4. The first kappa shape index (κ1) is 15.1. The Kier molecular flexibility index (Phi) is 4.52. The fourth-order valence-electron chi connectivity index (χ4n) is 1.74. The van der Waals surface area contributed by atoms with Gasteiger partial charge in [0.2, 0.25) is 0 Å². The van der Waals surface area contributed by atoms with E-state index in [1.54, 1.807) is 24.3 Å². The summed E-state index contributed by atoms with van der Waals surface area (Å²) in [5.41, 5.74) is 0. The van der Waals surface area contributed by atoms with Crippen LogP contribution in [-0.4, -0.2) is 16.1 Å². The first-order valence-corrected chi connectivity index (χ1v) is 7.02. The molecule has 2 nitrogen and oxygen atoms in total. The van der Waals surface area contributed by atoms with Crippen LogP contribution in [0.2, 0.25) is 0 Å². The highest BCUT2D eigenvalue weighted by molar-refractivity contribution is 14.1. The fraction of sp³-hybridized carbons (Fsp3) is 0.214. The van der Waals surface area contributed by atoms with Gasteiger partial charge in [-0.2, -0.15) is 13.2 Å². The highest BCUT2D eigenvalue weighted by Crippen LogP contribution is 2.29. The van der Waals surface area contributed by atoms with E-state index in [0.29, 0.717) is 5.39 Å². The Labute approximate surface area is 127 Å². The lowest BCUT2D eigenvalue weighted by atomic mass is 10.1. The number of alkyl halides is 4. The van der Waals surface area contributed by atoms with Crippen molar-refractivity contribution in [2.24, 2.45) is 0 Å². The monoisotopic (exact) mass is 394 g/mol. The van der Waals surface area contributed by atoms with Gasteiger partial charge in [0.25, 0.3) is 0 Å². The van der Waals surface area contributed by atoms with Crippen molar-refractivity contribution >= 4 is 39.3 Å². The van der Waals surface area contributed by atoms with Crippen molar-refractivity contribution in [3.05, 3.63) is 42.5 Å². The van der Waals surface area contributed by atoms with E-state index in [9.17, 15) is 18.0 Å². The van der Waals surface area contributed by atoms with Crippen LogP contribution < -0.4 is 4.74 Å². The minimum absolute atomic E-state index is 0.275. The zero-order chi connectivity index (χ0) is 14.8. The maximum absolute atomic E-state index is 12.2. The minimum Gasteiger partial charge on any atom is -0.425 e. The molecule has 0 N–H and O–H groups in total. The molecular formula is C14H10F3IO2. The van der Waals surface area contributed by atoms with Gasteiger partial charge in [-0.15, -0.1) is 0 Å². The van der Waals surface area contributed by atoms with Crippen LogP contribution in [0.1, 0.15) is 6.42 Å². The van der Waals surface area contributed by atoms with E-state index >= 15 is 0 Å². The summed E-state index contributed by atoms with van der Waals surface area (Å²) in [4.78, 5) is 11.7. The average Bonchev–Trinajstić information content (AvgIpc) is 2.37. The third kappa shape index (κ3) is 3.84. The summed E-state index contributed by atoms with van der Waals surface area (Å²) in [7, 11) is 0. The predicted molar refractivity (Wildman–Crippen MR) is 78.1 cm³/mol. The summed E-state index contributed by atoms with van der Waals surface area (Å²) < 4.78 is 40.6. The Balaban J connectivity index is 2.18. The van der Waals surface area contributed by atoms with Gasteiger partial charge in [0.05, 0.1) is 6.42 Å². The second kappa shape index (κ2) is 5.99. The Bertz CT molecular complexity index is 620. The predicted octanol–water partition coefficient (Wildman–Crippen LogP) is 4.50. The molecule has 0 fully saturated rings. The number of hydrogen-bond acceptors (Lipinski definition) is 2. The molecule has 0 saturated heterocycles. The molecule has 1 atom stereocenters.